The number of rotatable bonds is 2. The Balaban J connectivity index is 1.79. The lowest BCUT2D eigenvalue weighted by atomic mass is 9.88. The molecular weight excluding hydrogens is 372 g/mol. The number of hydrogen-bond acceptors (Lipinski definition) is 3. The predicted octanol–water partition coefficient (Wildman–Crippen LogP) is 6.01. The van der Waals surface area contributed by atoms with Crippen molar-refractivity contribution in [2.75, 3.05) is 0 Å². The largest absolute Gasteiger partial charge is 0.456 e. The zero-order valence-electron chi connectivity index (χ0n) is 14.8. The first-order valence-electron chi connectivity index (χ1n) is 8.97. The van der Waals surface area contributed by atoms with Crippen LogP contribution in [0.2, 0.25) is 5.02 Å². The highest BCUT2D eigenvalue weighted by Crippen LogP contribution is 2.42. The standard InChI is InChI=1S/C24H15ClO3/c25-17-12-10-15(11-13-17)19-14-21(16-6-2-1-3-7-16)27-23-18-8-4-5-9-20(18)28-24(26)22(19)23/h1-14,19H. The van der Waals surface area contributed by atoms with Gasteiger partial charge in [-0.3, -0.25) is 0 Å². The Bertz CT molecular complexity index is 1250. The summed E-state index contributed by atoms with van der Waals surface area (Å²) in [5.74, 6) is 0.967. The lowest BCUT2D eigenvalue weighted by molar-refractivity contribution is 0.472. The van der Waals surface area contributed by atoms with Gasteiger partial charge >= 0.3 is 5.63 Å². The zero-order valence-corrected chi connectivity index (χ0v) is 15.5. The summed E-state index contributed by atoms with van der Waals surface area (Å²) in [5, 5.41) is 1.42. The summed E-state index contributed by atoms with van der Waals surface area (Å²) in [7, 11) is 0. The molecule has 3 nitrogen and oxygen atoms in total. The molecule has 0 aliphatic carbocycles. The van der Waals surface area contributed by atoms with E-state index in [-0.39, 0.29) is 5.92 Å². The van der Waals surface area contributed by atoms with Crippen LogP contribution in [0, 0.1) is 0 Å². The minimum atomic E-state index is -0.392. The SMILES string of the molecule is O=c1oc2ccccc2c2c1C(c1ccc(Cl)cc1)C=C(c1ccccc1)O2. The smallest absolute Gasteiger partial charge is 0.344 e. The molecule has 1 aliphatic heterocycles. The normalized spacial score (nSPS) is 15.6. The minimum absolute atomic E-state index is 0.294. The van der Waals surface area contributed by atoms with Gasteiger partial charge in [0.25, 0.3) is 0 Å². The molecule has 1 atom stereocenters. The molecule has 0 saturated carbocycles. The van der Waals surface area contributed by atoms with E-state index in [1.807, 2.05) is 78.9 Å². The number of para-hydroxylation sites is 1. The molecule has 0 N–H and O–H groups in total. The molecule has 0 fully saturated rings. The fourth-order valence-electron chi connectivity index (χ4n) is 3.58. The van der Waals surface area contributed by atoms with Crippen molar-refractivity contribution in [1.82, 2.24) is 0 Å². The molecule has 1 aromatic heterocycles. The molecule has 5 rings (SSSR count). The molecule has 4 aromatic rings. The lowest BCUT2D eigenvalue weighted by Crippen LogP contribution is -2.19. The van der Waals surface area contributed by atoms with Crippen molar-refractivity contribution in [2.24, 2.45) is 0 Å². The highest BCUT2D eigenvalue weighted by atomic mass is 35.5. The number of fused-ring (bicyclic) bond motifs is 3. The average molecular weight is 387 g/mol. The van der Waals surface area contributed by atoms with Crippen molar-refractivity contribution in [2.45, 2.75) is 5.92 Å². The second-order valence-electron chi connectivity index (χ2n) is 6.66. The van der Waals surface area contributed by atoms with Gasteiger partial charge in [-0.15, -0.1) is 0 Å². The van der Waals surface area contributed by atoms with Crippen LogP contribution in [0.1, 0.15) is 22.6 Å². The van der Waals surface area contributed by atoms with Gasteiger partial charge in [0.05, 0.1) is 10.9 Å². The van der Waals surface area contributed by atoms with Gasteiger partial charge in [-0.1, -0.05) is 66.2 Å². The molecule has 28 heavy (non-hydrogen) atoms. The molecule has 2 heterocycles. The van der Waals surface area contributed by atoms with Crippen LogP contribution >= 0.6 is 11.6 Å². The average Bonchev–Trinajstić information content (AvgIpc) is 2.74. The van der Waals surface area contributed by atoms with Gasteiger partial charge in [0.1, 0.15) is 17.1 Å². The van der Waals surface area contributed by atoms with Crippen LogP contribution in [0.4, 0.5) is 0 Å². The Labute approximate surface area is 166 Å². The number of ether oxygens (including phenoxy) is 1. The topological polar surface area (TPSA) is 39.4 Å². The van der Waals surface area contributed by atoms with E-state index >= 15 is 0 Å². The summed E-state index contributed by atoms with van der Waals surface area (Å²) in [6, 6.07) is 24.8. The molecule has 1 unspecified atom stereocenters. The van der Waals surface area contributed by atoms with Gasteiger partial charge in [0.15, 0.2) is 0 Å². The number of hydrogen-bond donors (Lipinski definition) is 0. The Morgan fingerprint density at radius 1 is 0.821 bits per heavy atom. The van der Waals surface area contributed by atoms with Crippen LogP contribution in [0.15, 0.2) is 94.2 Å². The van der Waals surface area contributed by atoms with Crippen LogP contribution in [0.5, 0.6) is 5.75 Å². The van der Waals surface area contributed by atoms with E-state index < -0.39 is 5.63 Å². The van der Waals surface area contributed by atoms with Gasteiger partial charge in [-0.25, -0.2) is 4.79 Å². The maximum absolute atomic E-state index is 12.9. The predicted molar refractivity (Wildman–Crippen MR) is 111 cm³/mol. The molecule has 0 spiro atoms. The second-order valence-corrected chi connectivity index (χ2v) is 7.09. The number of halogens is 1. The Morgan fingerprint density at radius 3 is 2.32 bits per heavy atom. The van der Waals surface area contributed by atoms with Crippen LogP contribution in [-0.4, -0.2) is 0 Å². The molecule has 0 amide bonds. The summed E-state index contributed by atoms with van der Waals surface area (Å²) in [4.78, 5) is 12.9. The monoisotopic (exact) mass is 386 g/mol. The van der Waals surface area contributed by atoms with Crippen LogP contribution in [0.25, 0.3) is 16.7 Å². The molecule has 1 aliphatic rings. The first kappa shape index (κ1) is 16.8. The summed E-state index contributed by atoms with van der Waals surface area (Å²) in [5.41, 5.74) is 2.52. The van der Waals surface area contributed by atoms with Crippen molar-refractivity contribution in [3.8, 4) is 5.75 Å². The van der Waals surface area contributed by atoms with E-state index in [1.54, 1.807) is 6.07 Å². The third-order valence-corrected chi connectivity index (χ3v) is 5.18. The fourth-order valence-corrected chi connectivity index (χ4v) is 3.71. The maximum Gasteiger partial charge on any atom is 0.344 e. The van der Waals surface area contributed by atoms with Crippen molar-refractivity contribution in [3.05, 3.63) is 117 Å². The van der Waals surface area contributed by atoms with Crippen molar-refractivity contribution < 1.29 is 9.15 Å². The highest BCUT2D eigenvalue weighted by molar-refractivity contribution is 6.30. The van der Waals surface area contributed by atoms with Crippen LogP contribution in [-0.2, 0) is 0 Å². The van der Waals surface area contributed by atoms with Crippen LogP contribution < -0.4 is 10.4 Å². The zero-order chi connectivity index (χ0) is 19.1. The van der Waals surface area contributed by atoms with Gasteiger partial charge in [0, 0.05) is 16.5 Å². The molecule has 4 heteroatoms. The summed E-state index contributed by atoms with van der Waals surface area (Å²) < 4.78 is 11.8. The van der Waals surface area contributed by atoms with Gasteiger partial charge in [-0.05, 0) is 35.9 Å². The fraction of sp³-hybridized carbons (Fsp3) is 0.0417. The minimum Gasteiger partial charge on any atom is -0.456 e. The first-order chi connectivity index (χ1) is 13.7. The molecule has 3 aromatic carbocycles. The van der Waals surface area contributed by atoms with E-state index in [0.717, 1.165) is 16.5 Å². The summed E-state index contributed by atoms with van der Waals surface area (Å²) >= 11 is 6.06. The van der Waals surface area contributed by atoms with E-state index in [4.69, 9.17) is 20.8 Å². The summed E-state index contributed by atoms with van der Waals surface area (Å²) in [6.07, 6.45) is 1.96. The number of benzene rings is 3. The summed E-state index contributed by atoms with van der Waals surface area (Å²) in [6.45, 7) is 0. The lowest BCUT2D eigenvalue weighted by Gasteiger charge is -2.25. The van der Waals surface area contributed by atoms with Crippen molar-refractivity contribution >= 4 is 28.3 Å². The molecule has 0 radical (unpaired) electrons. The van der Waals surface area contributed by atoms with E-state index in [2.05, 4.69) is 0 Å². The van der Waals surface area contributed by atoms with Crippen molar-refractivity contribution in [1.29, 1.82) is 0 Å². The Morgan fingerprint density at radius 2 is 1.54 bits per heavy atom. The molecule has 136 valence electrons. The Kier molecular flexibility index (Phi) is 4.03. The van der Waals surface area contributed by atoms with E-state index in [0.29, 0.717) is 27.7 Å². The van der Waals surface area contributed by atoms with E-state index in [9.17, 15) is 4.79 Å². The quantitative estimate of drug-likeness (QED) is 0.396. The second kappa shape index (κ2) is 6.70. The van der Waals surface area contributed by atoms with Crippen LogP contribution in [0.3, 0.4) is 0 Å². The first-order valence-corrected chi connectivity index (χ1v) is 9.35. The molecular formula is C24H15ClO3. The Hall–Kier alpha value is -3.30. The number of allylic oxidation sites excluding steroid dienone is 1. The van der Waals surface area contributed by atoms with Gasteiger partial charge in [-0.2, -0.15) is 0 Å². The van der Waals surface area contributed by atoms with E-state index in [1.165, 1.54) is 0 Å². The van der Waals surface area contributed by atoms with Gasteiger partial charge in [0.2, 0.25) is 0 Å². The third kappa shape index (κ3) is 2.81. The maximum atomic E-state index is 12.9. The van der Waals surface area contributed by atoms with Gasteiger partial charge < -0.3 is 9.15 Å². The highest BCUT2D eigenvalue weighted by Gasteiger charge is 2.30. The molecule has 0 saturated heterocycles. The molecule has 0 bridgehead atoms. The third-order valence-electron chi connectivity index (χ3n) is 4.93. The van der Waals surface area contributed by atoms with Crippen molar-refractivity contribution in [3.63, 3.8) is 0 Å².